The molecule has 23 heavy (non-hydrogen) atoms. The van der Waals surface area contributed by atoms with Gasteiger partial charge in [0.2, 0.25) is 5.91 Å². The van der Waals surface area contributed by atoms with Crippen LogP contribution in [0.5, 0.6) is 0 Å². The number of nitrogens with zero attached hydrogens (tertiary/aromatic N) is 3. The topological polar surface area (TPSA) is 53.1 Å². The highest BCUT2D eigenvalue weighted by Gasteiger charge is 2.47. The van der Waals surface area contributed by atoms with E-state index < -0.39 is 0 Å². The third-order valence-electron chi connectivity index (χ3n) is 5.28. The number of benzene rings is 1. The van der Waals surface area contributed by atoms with Crippen molar-refractivity contribution in [3.05, 3.63) is 23.8 Å². The number of amides is 2. The van der Waals surface area contributed by atoms with Gasteiger partial charge in [0, 0.05) is 32.1 Å². The second-order valence-corrected chi connectivity index (χ2v) is 6.40. The fraction of sp³-hybridized carbons (Fsp3) is 0.529. The molecule has 1 saturated heterocycles. The Morgan fingerprint density at radius 3 is 3.00 bits per heavy atom. The highest BCUT2D eigenvalue weighted by atomic mass is 16.6. The van der Waals surface area contributed by atoms with Crippen LogP contribution in [-0.2, 0) is 9.53 Å². The first-order chi connectivity index (χ1) is 11.1. The molecule has 0 spiro atoms. The first-order valence-corrected chi connectivity index (χ1v) is 8.19. The van der Waals surface area contributed by atoms with E-state index in [1.165, 1.54) is 11.3 Å². The van der Waals surface area contributed by atoms with E-state index in [0.29, 0.717) is 32.3 Å². The van der Waals surface area contributed by atoms with Gasteiger partial charge in [-0.15, -0.1) is 0 Å². The lowest BCUT2D eigenvalue weighted by Crippen LogP contribution is -2.52. The average Bonchev–Trinajstić information content (AvgIpc) is 2.87. The van der Waals surface area contributed by atoms with Crippen molar-refractivity contribution >= 4 is 23.4 Å². The Bertz CT molecular complexity index is 675. The molecule has 122 valence electrons. The predicted octanol–water partition coefficient (Wildman–Crippen LogP) is 1.80. The summed E-state index contributed by atoms with van der Waals surface area (Å²) in [7, 11) is 1.84. The molecule has 6 nitrogen and oxygen atoms in total. The van der Waals surface area contributed by atoms with Gasteiger partial charge < -0.3 is 19.4 Å². The minimum atomic E-state index is -0.231. The lowest BCUT2D eigenvalue weighted by molar-refractivity contribution is -0.117. The van der Waals surface area contributed by atoms with Gasteiger partial charge in [0.25, 0.3) is 0 Å². The number of carbonyl (C=O) groups excluding carboxylic acids is 2. The van der Waals surface area contributed by atoms with Crippen LogP contribution in [0.1, 0.15) is 24.8 Å². The normalized spacial score (nSPS) is 25.3. The molecule has 1 aromatic carbocycles. The fourth-order valence-electron chi connectivity index (χ4n) is 4.18. The van der Waals surface area contributed by atoms with E-state index in [-0.39, 0.29) is 17.9 Å². The van der Waals surface area contributed by atoms with Gasteiger partial charge >= 0.3 is 6.09 Å². The summed E-state index contributed by atoms with van der Waals surface area (Å²) in [6.07, 6.45) is 0.638. The van der Waals surface area contributed by atoms with E-state index in [4.69, 9.17) is 4.74 Å². The number of rotatable bonds is 1. The average molecular weight is 315 g/mol. The van der Waals surface area contributed by atoms with Gasteiger partial charge in [0.05, 0.1) is 24.5 Å². The predicted molar refractivity (Wildman–Crippen MR) is 86.9 cm³/mol. The van der Waals surface area contributed by atoms with E-state index in [0.717, 1.165) is 12.1 Å². The molecule has 0 unspecified atom stereocenters. The van der Waals surface area contributed by atoms with Crippen LogP contribution >= 0.6 is 0 Å². The van der Waals surface area contributed by atoms with Crippen molar-refractivity contribution in [2.24, 2.45) is 0 Å². The van der Waals surface area contributed by atoms with Crippen LogP contribution in [0, 0.1) is 0 Å². The summed E-state index contributed by atoms with van der Waals surface area (Å²) < 4.78 is 5.15. The van der Waals surface area contributed by atoms with Crippen molar-refractivity contribution in [2.45, 2.75) is 25.3 Å². The molecule has 0 N–H and O–H groups in total. The summed E-state index contributed by atoms with van der Waals surface area (Å²) in [6.45, 7) is 4.00. The van der Waals surface area contributed by atoms with Crippen LogP contribution < -0.4 is 9.80 Å². The van der Waals surface area contributed by atoms with Crippen molar-refractivity contribution in [3.8, 4) is 0 Å². The monoisotopic (exact) mass is 315 g/mol. The molecule has 4 rings (SSSR count). The molecule has 0 radical (unpaired) electrons. The molecule has 1 fully saturated rings. The SMILES string of the molecule is CCOC(=O)N1CC[C@@H]2[C@H](C1)c1cccc3c1N2CC(=O)N3C. The molecule has 2 atom stereocenters. The maximum atomic E-state index is 12.3. The summed E-state index contributed by atoms with van der Waals surface area (Å²) in [6, 6.07) is 6.44. The second kappa shape index (κ2) is 5.15. The number of piperidine rings is 1. The van der Waals surface area contributed by atoms with Crippen LogP contribution in [-0.4, -0.2) is 56.2 Å². The zero-order valence-electron chi connectivity index (χ0n) is 13.5. The molecule has 6 heteroatoms. The molecule has 0 bridgehead atoms. The summed E-state index contributed by atoms with van der Waals surface area (Å²) >= 11 is 0. The number of anilines is 2. The maximum absolute atomic E-state index is 12.3. The Balaban J connectivity index is 1.69. The van der Waals surface area contributed by atoms with E-state index in [1.807, 2.05) is 26.1 Å². The molecule has 1 aromatic rings. The molecular weight excluding hydrogens is 294 g/mol. The molecule has 3 heterocycles. The Kier molecular flexibility index (Phi) is 3.21. The number of hydrogen-bond donors (Lipinski definition) is 0. The number of fused-ring (bicyclic) bond motifs is 3. The number of likely N-dealkylation sites (N-methyl/N-ethyl adjacent to an activating group) is 1. The van der Waals surface area contributed by atoms with Crippen LogP contribution in [0.15, 0.2) is 18.2 Å². The number of ether oxygens (including phenoxy) is 1. The summed E-state index contributed by atoms with van der Waals surface area (Å²) in [5.41, 5.74) is 3.41. The Hall–Kier alpha value is -2.24. The van der Waals surface area contributed by atoms with Crippen LogP contribution in [0.4, 0.5) is 16.2 Å². The quantitative estimate of drug-likeness (QED) is 0.793. The van der Waals surface area contributed by atoms with Gasteiger partial charge in [-0.2, -0.15) is 0 Å². The number of carbonyl (C=O) groups is 2. The number of likely N-dealkylation sites (tertiary alicyclic amines) is 1. The van der Waals surface area contributed by atoms with Gasteiger partial charge in [0.15, 0.2) is 0 Å². The van der Waals surface area contributed by atoms with Gasteiger partial charge in [-0.05, 0) is 25.0 Å². The van der Waals surface area contributed by atoms with E-state index in [9.17, 15) is 9.59 Å². The molecule has 0 saturated carbocycles. The fourth-order valence-corrected chi connectivity index (χ4v) is 4.18. The third kappa shape index (κ3) is 2.00. The Labute approximate surface area is 135 Å². The molecule has 0 aromatic heterocycles. The van der Waals surface area contributed by atoms with E-state index >= 15 is 0 Å². The maximum Gasteiger partial charge on any atom is 0.409 e. The molecule has 3 aliphatic heterocycles. The van der Waals surface area contributed by atoms with Crippen LogP contribution in [0.3, 0.4) is 0 Å². The van der Waals surface area contributed by atoms with Crippen molar-refractivity contribution in [1.29, 1.82) is 0 Å². The lowest BCUT2D eigenvalue weighted by Gasteiger charge is -2.40. The highest BCUT2D eigenvalue weighted by Crippen LogP contribution is 2.50. The zero-order chi connectivity index (χ0) is 16.1. The van der Waals surface area contributed by atoms with Gasteiger partial charge in [-0.1, -0.05) is 12.1 Å². The van der Waals surface area contributed by atoms with E-state index in [2.05, 4.69) is 11.0 Å². The molecule has 2 amide bonds. The minimum absolute atomic E-state index is 0.128. The standard InChI is InChI=1S/C17H21N3O3/c1-3-23-17(22)19-8-7-13-12(9-19)11-5-4-6-14-16(11)20(13)10-15(21)18(14)2/h4-6,12-13H,3,7-10H2,1-2H3/t12-,13-/m1/s1. The van der Waals surface area contributed by atoms with Crippen molar-refractivity contribution in [1.82, 2.24) is 4.90 Å². The summed E-state index contributed by atoms with van der Waals surface area (Å²) in [5.74, 6) is 0.380. The second-order valence-electron chi connectivity index (χ2n) is 6.40. The first kappa shape index (κ1) is 14.4. The van der Waals surface area contributed by atoms with Crippen LogP contribution in [0.2, 0.25) is 0 Å². The Morgan fingerprint density at radius 1 is 1.39 bits per heavy atom. The van der Waals surface area contributed by atoms with Gasteiger partial charge in [0.1, 0.15) is 0 Å². The largest absolute Gasteiger partial charge is 0.450 e. The number of hydrogen-bond acceptors (Lipinski definition) is 4. The molecule has 0 aliphatic carbocycles. The van der Waals surface area contributed by atoms with Crippen molar-refractivity contribution in [2.75, 3.05) is 43.1 Å². The van der Waals surface area contributed by atoms with Crippen molar-refractivity contribution in [3.63, 3.8) is 0 Å². The van der Waals surface area contributed by atoms with Crippen LogP contribution in [0.25, 0.3) is 0 Å². The van der Waals surface area contributed by atoms with Crippen molar-refractivity contribution < 1.29 is 14.3 Å². The third-order valence-corrected chi connectivity index (χ3v) is 5.28. The van der Waals surface area contributed by atoms with E-state index in [1.54, 1.807) is 9.80 Å². The lowest BCUT2D eigenvalue weighted by atomic mass is 9.89. The number of para-hydroxylation sites is 1. The summed E-state index contributed by atoms with van der Waals surface area (Å²) in [4.78, 5) is 30.1. The molecule has 3 aliphatic rings. The van der Waals surface area contributed by atoms with Gasteiger partial charge in [-0.3, -0.25) is 4.79 Å². The minimum Gasteiger partial charge on any atom is -0.450 e. The summed E-state index contributed by atoms with van der Waals surface area (Å²) in [5, 5.41) is 0. The van der Waals surface area contributed by atoms with Gasteiger partial charge in [-0.25, -0.2) is 4.79 Å². The zero-order valence-corrected chi connectivity index (χ0v) is 13.5. The Morgan fingerprint density at radius 2 is 2.22 bits per heavy atom. The highest BCUT2D eigenvalue weighted by molar-refractivity contribution is 6.04. The molecular formula is C17H21N3O3. The smallest absolute Gasteiger partial charge is 0.409 e. The first-order valence-electron chi connectivity index (χ1n) is 8.19.